The molecule has 2 unspecified atom stereocenters. The molecule has 26 heavy (non-hydrogen) atoms. The fraction of sp³-hybridized carbons (Fsp3) is 0.762. The molecule has 1 aromatic heterocycles. The van der Waals surface area contributed by atoms with Gasteiger partial charge in [0, 0.05) is 44.8 Å². The minimum Gasteiger partial charge on any atom is -0.384 e. The van der Waals surface area contributed by atoms with E-state index in [0.29, 0.717) is 5.92 Å². The predicted molar refractivity (Wildman–Crippen MR) is 110 cm³/mol. The van der Waals surface area contributed by atoms with Crippen LogP contribution in [0.15, 0.2) is 18.3 Å². The second-order valence-corrected chi connectivity index (χ2v) is 7.36. The van der Waals surface area contributed by atoms with Crippen LogP contribution in [0.4, 0.5) is 5.69 Å². The Morgan fingerprint density at radius 2 is 1.96 bits per heavy atom. The van der Waals surface area contributed by atoms with Gasteiger partial charge in [-0.1, -0.05) is 32.6 Å². The van der Waals surface area contributed by atoms with Gasteiger partial charge < -0.3 is 15.7 Å². The van der Waals surface area contributed by atoms with Gasteiger partial charge in [-0.2, -0.15) is 0 Å². The van der Waals surface area contributed by atoms with E-state index in [9.17, 15) is 5.11 Å². The van der Waals surface area contributed by atoms with Crippen LogP contribution in [0.3, 0.4) is 0 Å². The second kappa shape index (κ2) is 12.3. The number of nitrogens with one attached hydrogen (secondary N) is 2. The second-order valence-electron chi connectivity index (χ2n) is 7.36. The Bertz CT molecular complexity index is 491. The van der Waals surface area contributed by atoms with Gasteiger partial charge in [0.05, 0.1) is 11.4 Å². The first-order valence-electron chi connectivity index (χ1n) is 10.6. The molecule has 1 aliphatic rings. The summed E-state index contributed by atoms with van der Waals surface area (Å²) in [5.74, 6) is 0.416. The maximum absolute atomic E-state index is 10.6. The number of aliphatic hydroxyl groups is 1. The van der Waals surface area contributed by atoms with Crippen LogP contribution in [-0.2, 0) is 0 Å². The molecule has 0 aliphatic carbocycles. The monoisotopic (exact) mass is 362 g/mol. The number of rotatable bonds is 12. The van der Waals surface area contributed by atoms with E-state index >= 15 is 0 Å². The van der Waals surface area contributed by atoms with Crippen LogP contribution in [0, 0.1) is 0 Å². The molecule has 1 saturated heterocycles. The van der Waals surface area contributed by atoms with E-state index in [0.717, 1.165) is 57.7 Å². The summed E-state index contributed by atoms with van der Waals surface area (Å²) in [4.78, 5) is 6.92. The van der Waals surface area contributed by atoms with E-state index in [1.807, 2.05) is 12.3 Å². The molecule has 0 amide bonds. The lowest BCUT2D eigenvalue weighted by atomic mass is 9.91. The molecule has 1 aliphatic heterocycles. The molecule has 0 bridgehead atoms. The molecule has 5 nitrogen and oxygen atoms in total. The first-order valence-corrected chi connectivity index (χ1v) is 10.6. The topological polar surface area (TPSA) is 60.4 Å². The average molecular weight is 363 g/mol. The van der Waals surface area contributed by atoms with E-state index in [2.05, 4.69) is 35.4 Å². The van der Waals surface area contributed by atoms with Crippen molar-refractivity contribution in [3.63, 3.8) is 0 Å². The quantitative estimate of drug-likeness (QED) is 0.496. The van der Waals surface area contributed by atoms with Gasteiger partial charge in [0.25, 0.3) is 0 Å². The highest BCUT2D eigenvalue weighted by Gasteiger charge is 2.22. The normalized spacial score (nSPS) is 17.8. The maximum atomic E-state index is 10.6. The number of anilines is 1. The lowest BCUT2D eigenvalue weighted by Crippen LogP contribution is -2.48. The fourth-order valence-electron chi connectivity index (χ4n) is 3.83. The number of hydrogen-bond donors (Lipinski definition) is 3. The number of aliphatic hydroxyl groups excluding tert-OH is 1. The molecule has 0 radical (unpaired) electrons. The van der Waals surface area contributed by atoms with E-state index in [1.165, 1.54) is 31.4 Å². The van der Waals surface area contributed by atoms with E-state index in [1.54, 1.807) is 0 Å². The molecule has 0 saturated carbocycles. The molecule has 2 atom stereocenters. The Labute approximate surface area is 159 Å². The number of pyridine rings is 1. The zero-order valence-corrected chi connectivity index (χ0v) is 16.7. The SMILES string of the molecule is CCCCCCC(CCC(O)N1CCNCC1)c1ncccc1NCC. The molecule has 148 valence electrons. The number of aromatic nitrogens is 1. The Hall–Kier alpha value is -1.17. The zero-order valence-electron chi connectivity index (χ0n) is 16.7. The largest absolute Gasteiger partial charge is 0.384 e. The van der Waals surface area contributed by atoms with Gasteiger partial charge in [0.1, 0.15) is 6.23 Å². The van der Waals surface area contributed by atoms with Crippen molar-refractivity contribution < 1.29 is 5.11 Å². The van der Waals surface area contributed by atoms with E-state index in [4.69, 9.17) is 4.98 Å². The maximum Gasteiger partial charge on any atom is 0.107 e. The molecule has 2 rings (SSSR count). The summed E-state index contributed by atoms with van der Waals surface area (Å²) >= 11 is 0. The molecule has 1 fully saturated rings. The Morgan fingerprint density at radius 1 is 1.15 bits per heavy atom. The van der Waals surface area contributed by atoms with Gasteiger partial charge in [-0.25, -0.2) is 0 Å². The van der Waals surface area contributed by atoms with Crippen LogP contribution in [0.2, 0.25) is 0 Å². The van der Waals surface area contributed by atoms with Gasteiger partial charge in [0.15, 0.2) is 0 Å². The first-order chi connectivity index (χ1) is 12.8. The van der Waals surface area contributed by atoms with Crippen molar-refractivity contribution in [1.82, 2.24) is 15.2 Å². The average Bonchev–Trinajstić information content (AvgIpc) is 2.69. The van der Waals surface area contributed by atoms with Crippen LogP contribution in [0.5, 0.6) is 0 Å². The summed E-state index contributed by atoms with van der Waals surface area (Å²) in [7, 11) is 0. The molecule has 5 heteroatoms. The molecular formula is C21H38N4O. The van der Waals surface area contributed by atoms with Gasteiger partial charge in [-0.05, 0) is 38.3 Å². The van der Waals surface area contributed by atoms with Crippen LogP contribution in [0.1, 0.15) is 70.4 Å². The molecule has 3 N–H and O–H groups in total. The van der Waals surface area contributed by atoms with Crippen molar-refractivity contribution in [2.24, 2.45) is 0 Å². The number of nitrogens with zero attached hydrogens (tertiary/aromatic N) is 2. The van der Waals surface area contributed by atoms with Crippen LogP contribution >= 0.6 is 0 Å². The van der Waals surface area contributed by atoms with Crippen LogP contribution < -0.4 is 10.6 Å². The fourth-order valence-corrected chi connectivity index (χ4v) is 3.83. The highest BCUT2D eigenvalue weighted by Crippen LogP contribution is 2.31. The number of unbranched alkanes of at least 4 members (excludes halogenated alkanes) is 3. The summed E-state index contributed by atoms with van der Waals surface area (Å²) in [5.41, 5.74) is 2.34. The molecular weight excluding hydrogens is 324 g/mol. The van der Waals surface area contributed by atoms with Crippen molar-refractivity contribution in [2.75, 3.05) is 38.0 Å². The predicted octanol–water partition coefficient (Wildman–Crippen LogP) is 3.57. The Kier molecular flexibility index (Phi) is 9.96. The summed E-state index contributed by atoms with van der Waals surface area (Å²) < 4.78 is 0. The van der Waals surface area contributed by atoms with Crippen LogP contribution in [-0.4, -0.2) is 53.9 Å². The third kappa shape index (κ3) is 6.86. The molecule has 2 heterocycles. The van der Waals surface area contributed by atoms with E-state index in [-0.39, 0.29) is 6.23 Å². The van der Waals surface area contributed by atoms with Crippen LogP contribution in [0.25, 0.3) is 0 Å². The van der Waals surface area contributed by atoms with E-state index < -0.39 is 0 Å². The first kappa shape index (κ1) is 21.1. The smallest absolute Gasteiger partial charge is 0.107 e. The lowest BCUT2D eigenvalue weighted by molar-refractivity contribution is -0.0117. The minimum absolute atomic E-state index is 0.332. The summed E-state index contributed by atoms with van der Waals surface area (Å²) in [6.07, 6.45) is 9.64. The lowest BCUT2D eigenvalue weighted by Gasteiger charge is -2.32. The number of hydrogen-bond acceptors (Lipinski definition) is 5. The van der Waals surface area contributed by atoms with Gasteiger partial charge >= 0.3 is 0 Å². The summed E-state index contributed by atoms with van der Waals surface area (Å²) in [6.45, 7) is 9.11. The van der Waals surface area contributed by atoms with Crippen molar-refractivity contribution in [1.29, 1.82) is 0 Å². The summed E-state index contributed by atoms with van der Waals surface area (Å²) in [5, 5.41) is 17.4. The van der Waals surface area contributed by atoms with Crippen molar-refractivity contribution in [3.05, 3.63) is 24.0 Å². The minimum atomic E-state index is -0.332. The van der Waals surface area contributed by atoms with Gasteiger partial charge in [0.2, 0.25) is 0 Å². The highest BCUT2D eigenvalue weighted by atomic mass is 16.3. The standard InChI is InChI=1S/C21H38N4O/c1-3-5-6-7-9-18(21-19(23-4-2)10-8-13-24-21)11-12-20(26)25-16-14-22-15-17-25/h8,10,13,18,20,22-23,26H,3-7,9,11-12,14-17H2,1-2H3. The van der Waals surface area contributed by atoms with Gasteiger partial charge in [-0.3, -0.25) is 9.88 Å². The Morgan fingerprint density at radius 3 is 2.69 bits per heavy atom. The molecule has 0 aromatic carbocycles. The van der Waals surface area contributed by atoms with Crippen molar-refractivity contribution in [3.8, 4) is 0 Å². The van der Waals surface area contributed by atoms with Crippen molar-refractivity contribution in [2.45, 2.75) is 70.9 Å². The molecule has 1 aromatic rings. The zero-order chi connectivity index (χ0) is 18.6. The third-order valence-corrected chi connectivity index (χ3v) is 5.35. The Balaban J connectivity index is 1.98. The van der Waals surface area contributed by atoms with Gasteiger partial charge in [-0.15, -0.1) is 0 Å². The van der Waals surface area contributed by atoms with Crippen molar-refractivity contribution >= 4 is 5.69 Å². The summed E-state index contributed by atoms with van der Waals surface area (Å²) in [6, 6.07) is 4.14. The highest BCUT2D eigenvalue weighted by molar-refractivity contribution is 5.49. The number of piperazine rings is 1. The third-order valence-electron chi connectivity index (χ3n) is 5.35. The molecule has 0 spiro atoms.